The van der Waals surface area contributed by atoms with Crippen molar-refractivity contribution in [3.63, 3.8) is 0 Å². The summed E-state index contributed by atoms with van der Waals surface area (Å²) in [6, 6.07) is 0. The van der Waals surface area contributed by atoms with Gasteiger partial charge in [-0.15, -0.1) is 11.6 Å². The van der Waals surface area contributed by atoms with Crippen LogP contribution in [0.25, 0.3) is 0 Å². The maximum Gasteiger partial charge on any atom is 0.0443 e. The minimum absolute atomic E-state index is 0.110. The molecule has 0 aliphatic heterocycles. The predicted octanol–water partition coefficient (Wildman–Crippen LogP) is 3.69. The van der Waals surface area contributed by atoms with Crippen molar-refractivity contribution in [1.82, 2.24) is 0 Å². The fourth-order valence-corrected chi connectivity index (χ4v) is 0.905. The van der Waals surface area contributed by atoms with Crippen LogP contribution >= 0.6 is 11.6 Å². The SMILES string of the molecule is CC(C)C(C)(C)C(C)(C)Cl. The summed E-state index contributed by atoms with van der Waals surface area (Å²) in [6.45, 7) is 13.0. The smallest absolute Gasteiger partial charge is 0.0443 e. The zero-order valence-corrected chi connectivity index (χ0v) is 8.71. The number of hydrogen-bond donors (Lipinski definition) is 0. The highest BCUT2D eigenvalue weighted by atomic mass is 35.5. The van der Waals surface area contributed by atoms with Crippen LogP contribution in [-0.4, -0.2) is 4.87 Å². The molecule has 0 radical (unpaired) electrons. The van der Waals surface area contributed by atoms with Gasteiger partial charge in [0.05, 0.1) is 0 Å². The van der Waals surface area contributed by atoms with E-state index in [1.807, 2.05) is 0 Å². The molecule has 0 aromatic rings. The van der Waals surface area contributed by atoms with Crippen molar-refractivity contribution in [2.45, 2.75) is 46.4 Å². The summed E-state index contributed by atoms with van der Waals surface area (Å²) in [7, 11) is 0. The molecule has 0 aliphatic carbocycles. The van der Waals surface area contributed by atoms with Crippen LogP contribution in [0.3, 0.4) is 0 Å². The molecule has 0 rings (SSSR count). The zero-order valence-electron chi connectivity index (χ0n) is 7.96. The van der Waals surface area contributed by atoms with Crippen LogP contribution in [0.4, 0.5) is 0 Å². The molecule has 62 valence electrons. The van der Waals surface area contributed by atoms with E-state index in [1.54, 1.807) is 0 Å². The standard InChI is InChI=1S/C9H19Cl/c1-7(2)8(3,4)9(5,6)10/h7H,1-6H3. The first kappa shape index (κ1) is 10.3. The van der Waals surface area contributed by atoms with Gasteiger partial charge in [-0.3, -0.25) is 0 Å². The summed E-state index contributed by atoms with van der Waals surface area (Å²) in [5, 5.41) is 0. The van der Waals surface area contributed by atoms with Gasteiger partial charge in [-0.2, -0.15) is 0 Å². The first-order valence-electron chi connectivity index (χ1n) is 3.88. The third-order valence-electron chi connectivity index (χ3n) is 2.98. The Labute approximate surface area is 70.0 Å². The van der Waals surface area contributed by atoms with Gasteiger partial charge in [0.2, 0.25) is 0 Å². The van der Waals surface area contributed by atoms with Gasteiger partial charge in [0.15, 0.2) is 0 Å². The van der Waals surface area contributed by atoms with E-state index in [0.717, 1.165) is 0 Å². The Morgan fingerprint density at radius 2 is 1.30 bits per heavy atom. The minimum Gasteiger partial charge on any atom is -0.119 e. The quantitative estimate of drug-likeness (QED) is 0.544. The van der Waals surface area contributed by atoms with Gasteiger partial charge >= 0.3 is 0 Å². The molecule has 0 N–H and O–H groups in total. The second kappa shape index (κ2) is 2.73. The second-order valence-electron chi connectivity index (χ2n) is 4.35. The molecule has 1 heteroatoms. The van der Waals surface area contributed by atoms with Gasteiger partial charge in [-0.25, -0.2) is 0 Å². The molecule has 0 amide bonds. The van der Waals surface area contributed by atoms with E-state index in [1.165, 1.54) is 0 Å². The second-order valence-corrected chi connectivity index (χ2v) is 5.29. The summed E-state index contributed by atoms with van der Waals surface area (Å²) < 4.78 is 0. The monoisotopic (exact) mass is 162 g/mol. The average Bonchev–Trinajstić information content (AvgIpc) is 1.62. The van der Waals surface area contributed by atoms with E-state index >= 15 is 0 Å². The Morgan fingerprint density at radius 3 is 1.30 bits per heavy atom. The lowest BCUT2D eigenvalue weighted by atomic mass is 9.72. The molecule has 0 saturated heterocycles. The fraction of sp³-hybridized carbons (Fsp3) is 1.00. The van der Waals surface area contributed by atoms with Crippen LogP contribution in [0, 0.1) is 11.3 Å². The summed E-state index contributed by atoms with van der Waals surface area (Å²) in [6.07, 6.45) is 0. The van der Waals surface area contributed by atoms with Gasteiger partial charge in [0.25, 0.3) is 0 Å². The molecule has 0 aromatic heterocycles. The molecule has 0 fully saturated rings. The molecule has 10 heavy (non-hydrogen) atoms. The van der Waals surface area contributed by atoms with Crippen LogP contribution < -0.4 is 0 Å². The first-order valence-corrected chi connectivity index (χ1v) is 4.26. The third-order valence-corrected chi connectivity index (χ3v) is 3.46. The van der Waals surface area contributed by atoms with Crippen molar-refractivity contribution in [3.05, 3.63) is 0 Å². The molecule has 0 aromatic carbocycles. The lowest BCUT2D eigenvalue weighted by Gasteiger charge is -2.40. The Balaban J connectivity index is 4.40. The van der Waals surface area contributed by atoms with Gasteiger partial charge in [0, 0.05) is 4.87 Å². The Kier molecular flexibility index (Phi) is 2.81. The van der Waals surface area contributed by atoms with E-state index in [2.05, 4.69) is 41.5 Å². The number of hydrogen-bond acceptors (Lipinski definition) is 0. The molecule has 0 spiro atoms. The van der Waals surface area contributed by atoms with Crippen LogP contribution in [0.2, 0.25) is 0 Å². The molecular weight excluding hydrogens is 144 g/mol. The van der Waals surface area contributed by atoms with Crippen LogP contribution in [-0.2, 0) is 0 Å². The predicted molar refractivity (Wildman–Crippen MR) is 48.6 cm³/mol. The van der Waals surface area contributed by atoms with E-state index < -0.39 is 0 Å². The topological polar surface area (TPSA) is 0 Å². The van der Waals surface area contributed by atoms with E-state index in [0.29, 0.717) is 5.92 Å². The zero-order chi connectivity index (χ0) is 8.58. The summed E-state index contributed by atoms with van der Waals surface area (Å²) in [5.74, 6) is 0.625. The lowest BCUT2D eigenvalue weighted by Crippen LogP contribution is -2.37. The normalized spacial score (nSPS) is 14.4. The first-order chi connectivity index (χ1) is 4.19. The van der Waals surface area contributed by atoms with Crippen LogP contribution in [0.5, 0.6) is 0 Å². The largest absolute Gasteiger partial charge is 0.119 e. The number of rotatable bonds is 2. The van der Waals surface area contributed by atoms with Crippen molar-refractivity contribution >= 4 is 11.6 Å². The van der Waals surface area contributed by atoms with Crippen LogP contribution in [0.1, 0.15) is 41.5 Å². The average molecular weight is 163 g/mol. The fourth-order valence-electron chi connectivity index (χ4n) is 0.686. The maximum atomic E-state index is 6.22. The number of halogens is 1. The van der Waals surface area contributed by atoms with Crippen molar-refractivity contribution in [3.8, 4) is 0 Å². The number of alkyl halides is 1. The van der Waals surface area contributed by atoms with E-state index in [-0.39, 0.29) is 10.3 Å². The Bertz CT molecular complexity index is 106. The van der Waals surface area contributed by atoms with Crippen molar-refractivity contribution in [2.75, 3.05) is 0 Å². The van der Waals surface area contributed by atoms with E-state index in [4.69, 9.17) is 11.6 Å². The van der Waals surface area contributed by atoms with Crippen molar-refractivity contribution in [2.24, 2.45) is 11.3 Å². The van der Waals surface area contributed by atoms with Gasteiger partial charge in [-0.1, -0.05) is 27.7 Å². The van der Waals surface area contributed by atoms with E-state index in [9.17, 15) is 0 Å². The highest BCUT2D eigenvalue weighted by Gasteiger charge is 2.37. The highest BCUT2D eigenvalue weighted by Crippen LogP contribution is 2.41. The molecular formula is C9H19Cl. The van der Waals surface area contributed by atoms with Crippen molar-refractivity contribution in [1.29, 1.82) is 0 Å². The highest BCUT2D eigenvalue weighted by molar-refractivity contribution is 6.23. The summed E-state index contributed by atoms with van der Waals surface area (Å²) in [5.41, 5.74) is 0.203. The Morgan fingerprint density at radius 1 is 1.00 bits per heavy atom. The minimum atomic E-state index is -0.110. The lowest BCUT2D eigenvalue weighted by molar-refractivity contribution is 0.186. The summed E-state index contributed by atoms with van der Waals surface area (Å²) >= 11 is 6.22. The molecule has 0 unspecified atom stereocenters. The Hall–Kier alpha value is 0.290. The summed E-state index contributed by atoms with van der Waals surface area (Å²) in [4.78, 5) is -0.110. The maximum absolute atomic E-state index is 6.22. The van der Waals surface area contributed by atoms with Gasteiger partial charge < -0.3 is 0 Å². The van der Waals surface area contributed by atoms with Gasteiger partial charge in [0.1, 0.15) is 0 Å². The molecule has 0 nitrogen and oxygen atoms in total. The van der Waals surface area contributed by atoms with Crippen molar-refractivity contribution < 1.29 is 0 Å². The molecule has 0 heterocycles. The third kappa shape index (κ3) is 1.88. The van der Waals surface area contributed by atoms with Gasteiger partial charge in [-0.05, 0) is 25.2 Å². The molecule has 0 saturated carbocycles. The van der Waals surface area contributed by atoms with Crippen LogP contribution in [0.15, 0.2) is 0 Å². The molecule has 0 atom stereocenters. The molecule has 0 bridgehead atoms. The molecule has 0 aliphatic rings.